The highest BCUT2D eigenvalue weighted by Gasteiger charge is 2.55. The zero-order valence-corrected chi connectivity index (χ0v) is 21.8. The van der Waals surface area contributed by atoms with E-state index in [4.69, 9.17) is 5.73 Å². The molecule has 0 bridgehead atoms. The molecule has 2 aromatic heterocycles. The lowest BCUT2D eigenvalue weighted by atomic mass is 9.76. The molecule has 2 N–H and O–H groups in total. The summed E-state index contributed by atoms with van der Waals surface area (Å²) in [7, 11) is 3.46. The van der Waals surface area contributed by atoms with Crippen LogP contribution in [0, 0.1) is 24.7 Å². The number of hydrogen-bond acceptors (Lipinski definition) is 6. The van der Waals surface area contributed by atoms with Gasteiger partial charge >= 0.3 is 0 Å². The van der Waals surface area contributed by atoms with E-state index in [2.05, 4.69) is 16.9 Å². The predicted molar refractivity (Wildman–Crippen MR) is 138 cm³/mol. The number of likely N-dealkylation sites (tertiary alicyclic amines) is 1. The van der Waals surface area contributed by atoms with Gasteiger partial charge in [0.05, 0.1) is 12.2 Å². The third kappa shape index (κ3) is 5.29. The van der Waals surface area contributed by atoms with Gasteiger partial charge in [-0.05, 0) is 42.9 Å². The first-order valence-electron chi connectivity index (χ1n) is 13.0. The Morgan fingerprint density at radius 1 is 1.22 bits per heavy atom. The highest BCUT2D eigenvalue weighted by Crippen LogP contribution is 2.37. The average molecular weight is 495 g/mol. The van der Waals surface area contributed by atoms with E-state index in [1.807, 2.05) is 20.0 Å². The molecule has 1 saturated carbocycles. The van der Waals surface area contributed by atoms with Crippen molar-refractivity contribution in [3.05, 3.63) is 35.9 Å². The highest BCUT2D eigenvalue weighted by molar-refractivity contribution is 6.12. The van der Waals surface area contributed by atoms with Gasteiger partial charge in [-0.25, -0.2) is 9.97 Å². The van der Waals surface area contributed by atoms with Crippen LogP contribution in [-0.4, -0.2) is 50.2 Å². The monoisotopic (exact) mass is 494 g/mol. The molecule has 3 amide bonds. The number of pyridine rings is 1. The molecular formula is C27H38N6O3. The van der Waals surface area contributed by atoms with E-state index < -0.39 is 12.0 Å². The normalized spacial score (nSPS) is 21.2. The van der Waals surface area contributed by atoms with Crippen LogP contribution in [0.2, 0.25) is 0 Å². The number of rotatable bonds is 8. The zero-order chi connectivity index (χ0) is 26.0. The fourth-order valence-electron chi connectivity index (χ4n) is 5.90. The third-order valence-corrected chi connectivity index (χ3v) is 7.87. The molecule has 2 aliphatic rings. The number of imidazole rings is 1. The molecule has 4 rings (SSSR count). The van der Waals surface area contributed by atoms with Crippen LogP contribution in [0.1, 0.15) is 63.1 Å². The second-order valence-corrected chi connectivity index (χ2v) is 10.5. The van der Waals surface area contributed by atoms with E-state index >= 15 is 0 Å². The summed E-state index contributed by atoms with van der Waals surface area (Å²) < 4.78 is 1.75. The molecular weight excluding hydrogens is 456 g/mol. The number of likely N-dealkylation sites (N-methyl/N-ethyl adjacent to an activating group) is 1. The fourth-order valence-corrected chi connectivity index (χ4v) is 5.90. The van der Waals surface area contributed by atoms with Gasteiger partial charge in [-0.3, -0.25) is 24.2 Å². The molecule has 1 saturated heterocycles. The number of amides is 3. The number of anilines is 2. The molecule has 0 unspecified atom stereocenters. The molecule has 9 nitrogen and oxygen atoms in total. The maximum Gasteiger partial charge on any atom is 0.252 e. The van der Waals surface area contributed by atoms with Gasteiger partial charge < -0.3 is 10.3 Å². The first-order chi connectivity index (χ1) is 17.2. The Kier molecular flexibility index (Phi) is 7.76. The van der Waals surface area contributed by atoms with Crippen molar-refractivity contribution in [2.24, 2.45) is 24.8 Å². The van der Waals surface area contributed by atoms with Crippen molar-refractivity contribution in [3.63, 3.8) is 0 Å². The van der Waals surface area contributed by atoms with Gasteiger partial charge in [0, 0.05) is 32.4 Å². The Morgan fingerprint density at radius 3 is 2.56 bits per heavy atom. The first kappa shape index (κ1) is 25.9. The number of nitrogens with two attached hydrogens (primary N) is 1. The Morgan fingerprint density at radius 2 is 1.94 bits per heavy atom. The lowest BCUT2D eigenvalue weighted by Gasteiger charge is -2.46. The van der Waals surface area contributed by atoms with Gasteiger partial charge in [0.2, 0.25) is 11.8 Å². The molecule has 194 valence electrons. The second kappa shape index (κ2) is 10.8. The highest BCUT2D eigenvalue weighted by atomic mass is 16.2. The number of hydrogen-bond donors (Lipinski definition) is 1. The second-order valence-electron chi connectivity index (χ2n) is 10.5. The van der Waals surface area contributed by atoms with E-state index in [0.717, 1.165) is 30.5 Å². The lowest BCUT2D eigenvalue weighted by Crippen LogP contribution is -2.69. The summed E-state index contributed by atoms with van der Waals surface area (Å²) in [6, 6.07) is 2.73. The molecule has 9 heteroatoms. The maximum atomic E-state index is 13.7. The average Bonchev–Trinajstić information content (AvgIpc) is 3.29. The minimum absolute atomic E-state index is 0.233. The van der Waals surface area contributed by atoms with Crippen molar-refractivity contribution in [2.75, 3.05) is 17.7 Å². The van der Waals surface area contributed by atoms with E-state index in [1.165, 1.54) is 29.1 Å². The molecule has 1 aliphatic heterocycles. The van der Waals surface area contributed by atoms with Crippen molar-refractivity contribution in [3.8, 4) is 0 Å². The Hall–Kier alpha value is -3.23. The predicted octanol–water partition coefficient (Wildman–Crippen LogP) is 3.26. The Balaban J connectivity index is 1.57. The minimum atomic E-state index is -0.865. The van der Waals surface area contributed by atoms with Gasteiger partial charge in [0.15, 0.2) is 5.82 Å². The quantitative estimate of drug-likeness (QED) is 0.564. The van der Waals surface area contributed by atoms with Crippen molar-refractivity contribution < 1.29 is 14.4 Å². The summed E-state index contributed by atoms with van der Waals surface area (Å²) in [5.74, 6) is 0.109. The molecule has 36 heavy (non-hydrogen) atoms. The number of imide groups is 1. The van der Waals surface area contributed by atoms with Crippen LogP contribution < -0.4 is 10.6 Å². The van der Waals surface area contributed by atoms with Crippen molar-refractivity contribution in [2.45, 2.75) is 71.3 Å². The van der Waals surface area contributed by atoms with Crippen LogP contribution in [0.4, 0.5) is 11.6 Å². The molecule has 2 aromatic rings. The summed E-state index contributed by atoms with van der Waals surface area (Å²) in [5.41, 5.74) is 7.50. The van der Waals surface area contributed by atoms with Crippen molar-refractivity contribution in [1.29, 1.82) is 0 Å². The molecule has 3 atom stereocenters. The number of aromatic nitrogens is 3. The van der Waals surface area contributed by atoms with Gasteiger partial charge in [-0.1, -0.05) is 45.4 Å². The number of aryl methyl sites for hydroxylation is 2. The summed E-state index contributed by atoms with van der Waals surface area (Å²) in [5, 5.41) is 0. The van der Waals surface area contributed by atoms with Crippen LogP contribution in [-0.2, 0) is 27.9 Å². The summed E-state index contributed by atoms with van der Waals surface area (Å²) >= 11 is 0. The van der Waals surface area contributed by atoms with Crippen LogP contribution in [0.15, 0.2) is 24.7 Å². The van der Waals surface area contributed by atoms with E-state index in [1.54, 1.807) is 30.2 Å². The van der Waals surface area contributed by atoms with E-state index in [9.17, 15) is 14.4 Å². The van der Waals surface area contributed by atoms with Crippen LogP contribution in [0.25, 0.3) is 0 Å². The topological polar surface area (TPSA) is 114 Å². The van der Waals surface area contributed by atoms with Gasteiger partial charge in [-0.2, -0.15) is 0 Å². The minimum Gasteiger partial charge on any atom is -0.384 e. The summed E-state index contributed by atoms with van der Waals surface area (Å²) in [4.78, 5) is 51.7. The van der Waals surface area contributed by atoms with Crippen molar-refractivity contribution in [1.82, 2.24) is 19.4 Å². The first-order valence-corrected chi connectivity index (χ1v) is 13.0. The SMILES string of the molecule is CC[C@@H](CC(=O)N1C(=O)[C@H](Cc2cc(C)nc(N)c2)[C@H]1C(=O)N(C)c1cn(C)cn1)C1CCCCC1. The van der Waals surface area contributed by atoms with Crippen LogP contribution >= 0.6 is 0 Å². The van der Waals surface area contributed by atoms with Gasteiger partial charge in [0.25, 0.3) is 5.91 Å². The van der Waals surface area contributed by atoms with Gasteiger partial charge in [0.1, 0.15) is 11.9 Å². The number of carbonyl (C=O) groups is 3. The Labute approximate surface area is 213 Å². The smallest absolute Gasteiger partial charge is 0.252 e. The number of nitrogen functional groups attached to an aromatic ring is 1. The number of β-lactam (4-membered cyclic amide) rings is 1. The lowest BCUT2D eigenvalue weighted by molar-refractivity contribution is -0.171. The standard InChI is InChI=1S/C27H38N6O3/c1-5-19(20-9-7-6-8-10-20)14-24(34)33-25(27(36)32(4)23-15-31(3)16-29-23)21(26(33)35)12-18-11-17(2)30-22(28)13-18/h11,13,15-16,19-21,25H,5-10,12,14H2,1-4H3,(H2,28,30)/t19-,21+,25-/m0/s1. The molecule has 0 spiro atoms. The molecule has 3 heterocycles. The molecule has 0 radical (unpaired) electrons. The fraction of sp³-hybridized carbons (Fsp3) is 0.593. The molecule has 0 aromatic carbocycles. The maximum absolute atomic E-state index is 13.7. The number of carbonyl (C=O) groups excluding carboxylic acids is 3. The summed E-state index contributed by atoms with van der Waals surface area (Å²) in [6.07, 6.45) is 10.8. The van der Waals surface area contributed by atoms with E-state index in [-0.39, 0.29) is 23.6 Å². The molecule has 2 fully saturated rings. The van der Waals surface area contributed by atoms with Crippen LogP contribution in [0.3, 0.4) is 0 Å². The van der Waals surface area contributed by atoms with Crippen LogP contribution in [0.5, 0.6) is 0 Å². The van der Waals surface area contributed by atoms with E-state index in [0.29, 0.717) is 30.4 Å². The summed E-state index contributed by atoms with van der Waals surface area (Å²) in [6.45, 7) is 3.95. The number of nitrogens with zero attached hydrogens (tertiary/aromatic N) is 5. The zero-order valence-electron chi connectivity index (χ0n) is 21.8. The third-order valence-electron chi connectivity index (χ3n) is 7.87. The largest absolute Gasteiger partial charge is 0.384 e. The van der Waals surface area contributed by atoms with Gasteiger partial charge in [-0.15, -0.1) is 0 Å². The molecule has 1 aliphatic carbocycles. The van der Waals surface area contributed by atoms with Crippen molar-refractivity contribution >= 4 is 29.4 Å². The Bertz CT molecular complexity index is 1100.